The maximum atomic E-state index is 12.6. The molecule has 0 aliphatic heterocycles. The van der Waals surface area contributed by atoms with Gasteiger partial charge in [-0.1, -0.05) is 17.9 Å². The molecule has 1 N–H and O–H groups in total. The van der Waals surface area contributed by atoms with Gasteiger partial charge in [0, 0.05) is 6.08 Å². The molecule has 0 saturated heterocycles. The average molecular weight is 153 g/mol. The fourth-order valence-electron chi connectivity index (χ4n) is 0.594. The molecule has 0 fully saturated rings. The summed E-state index contributed by atoms with van der Waals surface area (Å²) < 4.78 is 12.6. The summed E-state index contributed by atoms with van der Waals surface area (Å²) in [6.07, 6.45) is 2.64. The summed E-state index contributed by atoms with van der Waals surface area (Å²) in [4.78, 5) is 0. The molecule has 0 amide bonds. The van der Waals surface area contributed by atoms with E-state index in [1.807, 2.05) is 0 Å². The van der Waals surface area contributed by atoms with Crippen LogP contribution in [0.3, 0.4) is 0 Å². The first-order valence-electron chi connectivity index (χ1n) is 3.13. The molecule has 0 radical (unpaired) electrons. The maximum absolute atomic E-state index is 12.6. The first kappa shape index (κ1) is 7.65. The molecule has 0 aromatic carbocycles. The number of allylic oxidation sites excluding steroid dienone is 2. The van der Waals surface area contributed by atoms with Gasteiger partial charge in [0.05, 0.1) is 5.35 Å². The zero-order chi connectivity index (χ0) is 8.27. The van der Waals surface area contributed by atoms with E-state index in [2.05, 4.69) is 22.0 Å². The second-order valence-corrected chi connectivity index (χ2v) is 1.99. The number of hydrogen-bond donors (Lipinski definition) is 1. The molecule has 1 aromatic rings. The highest BCUT2D eigenvalue weighted by atomic mass is 19.1. The fourth-order valence-corrected chi connectivity index (χ4v) is 0.594. The topological polar surface area (TPSA) is 41.6 Å². The lowest BCUT2D eigenvalue weighted by Gasteiger charge is -1.78. The molecule has 1 rings (SSSR count). The Bertz CT molecular complexity index is 363. The number of hydrogen-bond acceptors (Lipinski definition) is 2. The fraction of sp³-hybridized carbons (Fsp3) is 0.143. The van der Waals surface area contributed by atoms with Crippen molar-refractivity contribution in [3.8, 4) is 0 Å². The minimum atomic E-state index is -0.332. The van der Waals surface area contributed by atoms with Crippen LogP contribution in [0.1, 0.15) is 6.92 Å². The summed E-state index contributed by atoms with van der Waals surface area (Å²) in [7, 11) is 0. The standard InChI is InChI=1S/C7H8FN3/c1-3-6(8)4-7-5(2)9-11-10-7/h3-4H,2H2,1H3,(H,9,10)/b6-3+,7-4+. The third-order valence-corrected chi connectivity index (χ3v) is 1.21. The van der Waals surface area contributed by atoms with Gasteiger partial charge in [0.15, 0.2) is 0 Å². The van der Waals surface area contributed by atoms with Gasteiger partial charge in [0.1, 0.15) is 11.2 Å². The summed E-state index contributed by atoms with van der Waals surface area (Å²) in [5.74, 6) is -0.332. The van der Waals surface area contributed by atoms with E-state index in [-0.39, 0.29) is 5.83 Å². The smallest absolute Gasteiger partial charge is 0.121 e. The van der Waals surface area contributed by atoms with Gasteiger partial charge in [-0.15, -0.1) is 5.10 Å². The highest BCUT2D eigenvalue weighted by molar-refractivity contribution is 5.39. The molecule has 0 saturated carbocycles. The van der Waals surface area contributed by atoms with Gasteiger partial charge in [0.2, 0.25) is 0 Å². The largest absolute Gasteiger partial charge is 0.257 e. The van der Waals surface area contributed by atoms with E-state index in [0.717, 1.165) is 0 Å². The molecule has 3 nitrogen and oxygen atoms in total. The Morgan fingerprint density at radius 1 is 1.73 bits per heavy atom. The molecule has 4 heteroatoms. The van der Waals surface area contributed by atoms with Crippen LogP contribution >= 0.6 is 0 Å². The van der Waals surface area contributed by atoms with E-state index in [1.165, 1.54) is 12.2 Å². The lowest BCUT2D eigenvalue weighted by Crippen LogP contribution is -2.22. The number of nitrogens with zero attached hydrogens (tertiary/aromatic N) is 2. The summed E-state index contributed by atoms with van der Waals surface area (Å²) in [6, 6.07) is 0. The molecule has 0 unspecified atom stereocenters. The van der Waals surface area contributed by atoms with E-state index < -0.39 is 0 Å². The minimum absolute atomic E-state index is 0.332. The van der Waals surface area contributed by atoms with Crippen LogP contribution in [0.5, 0.6) is 0 Å². The summed E-state index contributed by atoms with van der Waals surface area (Å²) in [6.45, 7) is 5.15. The molecule has 0 aliphatic carbocycles. The third-order valence-electron chi connectivity index (χ3n) is 1.21. The number of rotatable bonds is 1. The monoisotopic (exact) mass is 153 g/mol. The van der Waals surface area contributed by atoms with Crippen molar-refractivity contribution in [3.63, 3.8) is 0 Å². The summed E-state index contributed by atoms with van der Waals surface area (Å²) in [5, 5.41) is 10.5. The number of aromatic nitrogens is 3. The van der Waals surface area contributed by atoms with Gasteiger partial charge in [-0.2, -0.15) is 0 Å². The Morgan fingerprint density at radius 2 is 2.45 bits per heavy atom. The van der Waals surface area contributed by atoms with Crippen molar-refractivity contribution in [1.82, 2.24) is 15.4 Å². The van der Waals surface area contributed by atoms with Crippen molar-refractivity contribution < 1.29 is 4.39 Å². The van der Waals surface area contributed by atoms with Crippen LogP contribution in [0.25, 0.3) is 12.7 Å². The molecule has 11 heavy (non-hydrogen) atoms. The van der Waals surface area contributed by atoms with Gasteiger partial charge in [-0.05, 0) is 6.92 Å². The molecule has 1 heterocycles. The summed E-state index contributed by atoms with van der Waals surface area (Å²) >= 11 is 0. The zero-order valence-electron chi connectivity index (χ0n) is 6.13. The molecule has 58 valence electrons. The van der Waals surface area contributed by atoms with Crippen LogP contribution in [-0.4, -0.2) is 15.4 Å². The number of H-pyrrole nitrogens is 1. The van der Waals surface area contributed by atoms with Gasteiger partial charge in [-0.3, -0.25) is 5.10 Å². The Labute approximate surface area is 62.9 Å². The van der Waals surface area contributed by atoms with Crippen molar-refractivity contribution in [2.45, 2.75) is 6.92 Å². The second kappa shape index (κ2) is 3.09. The first-order chi connectivity index (χ1) is 5.24. The van der Waals surface area contributed by atoms with E-state index in [1.54, 1.807) is 6.92 Å². The Kier molecular flexibility index (Phi) is 2.15. The van der Waals surface area contributed by atoms with Crippen LogP contribution < -0.4 is 10.7 Å². The lowest BCUT2D eigenvalue weighted by molar-refractivity contribution is 0.677. The van der Waals surface area contributed by atoms with E-state index in [0.29, 0.717) is 10.7 Å². The number of nitrogens with one attached hydrogen (secondary N) is 1. The predicted molar refractivity (Wildman–Crippen MR) is 40.5 cm³/mol. The maximum Gasteiger partial charge on any atom is 0.121 e. The average Bonchev–Trinajstić information content (AvgIpc) is 2.37. The highest BCUT2D eigenvalue weighted by Crippen LogP contribution is 1.93. The number of aromatic amines is 1. The Hall–Kier alpha value is -1.45. The lowest BCUT2D eigenvalue weighted by atomic mass is 10.4. The van der Waals surface area contributed by atoms with Gasteiger partial charge in [0.25, 0.3) is 0 Å². The van der Waals surface area contributed by atoms with Crippen molar-refractivity contribution >= 4 is 12.7 Å². The normalized spacial score (nSPS) is 14.0. The van der Waals surface area contributed by atoms with Crippen molar-refractivity contribution in [2.75, 3.05) is 0 Å². The SMILES string of the molecule is C=c1nn[nH]/c1=C/C(F)=C\C. The Morgan fingerprint density at radius 3 is 2.91 bits per heavy atom. The van der Waals surface area contributed by atoms with Crippen molar-refractivity contribution in [1.29, 1.82) is 0 Å². The zero-order valence-corrected chi connectivity index (χ0v) is 6.13. The molecule has 0 atom stereocenters. The van der Waals surface area contributed by atoms with E-state index >= 15 is 0 Å². The third kappa shape index (κ3) is 1.73. The van der Waals surface area contributed by atoms with Crippen LogP contribution in [0.2, 0.25) is 0 Å². The van der Waals surface area contributed by atoms with Crippen molar-refractivity contribution in [3.05, 3.63) is 22.6 Å². The van der Waals surface area contributed by atoms with Gasteiger partial charge >= 0.3 is 0 Å². The van der Waals surface area contributed by atoms with E-state index in [4.69, 9.17) is 0 Å². The molecule has 0 bridgehead atoms. The number of halogens is 1. The molecular formula is C7H8FN3. The van der Waals surface area contributed by atoms with Crippen LogP contribution in [0.15, 0.2) is 11.9 Å². The quantitative estimate of drug-likeness (QED) is 0.610. The molecule has 0 spiro atoms. The van der Waals surface area contributed by atoms with Crippen LogP contribution in [-0.2, 0) is 0 Å². The second-order valence-electron chi connectivity index (χ2n) is 1.99. The molecular weight excluding hydrogens is 145 g/mol. The first-order valence-corrected chi connectivity index (χ1v) is 3.13. The minimum Gasteiger partial charge on any atom is -0.257 e. The molecule has 1 aromatic heterocycles. The van der Waals surface area contributed by atoms with E-state index in [9.17, 15) is 4.39 Å². The Balaban J connectivity index is 3.21. The van der Waals surface area contributed by atoms with Crippen LogP contribution in [0.4, 0.5) is 4.39 Å². The van der Waals surface area contributed by atoms with Gasteiger partial charge in [-0.25, -0.2) is 4.39 Å². The predicted octanol–water partition coefficient (Wildman–Crippen LogP) is -0.131. The molecule has 0 aliphatic rings. The van der Waals surface area contributed by atoms with Crippen molar-refractivity contribution in [2.24, 2.45) is 0 Å². The van der Waals surface area contributed by atoms with Crippen LogP contribution in [0, 0.1) is 0 Å². The van der Waals surface area contributed by atoms with Gasteiger partial charge < -0.3 is 0 Å². The highest BCUT2D eigenvalue weighted by Gasteiger charge is 1.88. The summed E-state index contributed by atoms with van der Waals surface area (Å²) in [5.41, 5.74) is 0.